The molecule has 36 heavy (non-hydrogen) atoms. The molecule has 6 heteroatoms. The second-order valence-corrected chi connectivity index (χ2v) is 23.2. The van der Waals surface area contributed by atoms with Gasteiger partial charge in [-0.2, -0.15) is 0 Å². The third-order valence-electron chi connectivity index (χ3n) is 8.02. The van der Waals surface area contributed by atoms with Crippen molar-refractivity contribution in [3.8, 4) is 11.8 Å². The fourth-order valence-electron chi connectivity index (χ4n) is 5.19. The molecule has 0 saturated heterocycles. The molecule has 0 amide bonds. The molecule has 0 aliphatic carbocycles. The van der Waals surface area contributed by atoms with Crippen molar-refractivity contribution in [1.29, 1.82) is 0 Å². The number of rotatable bonds is 16. The Morgan fingerprint density at radius 1 is 0.889 bits per heavy atom. The van der Waals surface area contributed by atoms with Crippen LogP contribution in [0.3, 0.4) is 0 Å². The van der Waals surface area contributed by atoms with Gasteiger partial charge in [0.1, 0.15) is 6.10 Å². The molecule has 4 nitrogen and oxygen atoms in total. The van der Waals surface area contributed by atoms with E-state index in [-0.39, 0.29) is 17.2 Å². The van der Waals surface area contributed by atoms with Crippen LogP contribution in [0.5, 0.6) is 0 Å². The van der Waals surface area contributed by atoms with Gasteiger partial charge in [-0.3, -0.25) is 0 Å². The van der Waals surface area contributed by atoms with Gasteiger partial charge in [0.15, 0.2) is 8.32 Å². The molecule has 0 aliphatic heterocycles. The molecular weight excluding hydrogens is 480 g/mol. The predicted octanol–water partition coefficient (Wildman–Crippen LogP) is 8.21. The van der Waals surface area contributed by atoms with E-state index in [0.29, 0.717) is 35.9 Å². The first-order chi connectivity index (χ1) is 16.4. The smallest absolute Gasteiger partial charge is 0.200 e. The summed E-state index contributed by atoms with van der Waals surface area (Å²) in [7, 11) is -4.10. The summed E-state index contributed by atoms with van der Waals surface area (Å²) in [6, 6.07) is 0. The Bertz CT molecular complexity index is 664. The predicted molar refractivity (Wildman–Crippen MR) is 161 cm³/mol. The first kappa shape index (κ1) is 35.6. The van der Waals surface area contributed by atoms with Gasteiger partial charge in [-0.15, -0.1) is 6.58 Å². The minimum Gasteiger partial charge on any atom is -0.413 e. The molecule has 4 atom stereocenters. The molecule has 0 aromatic carbocycles. The van der Waals surface area contributed by atoms with E-state index < -0.39 is 28.8 Å². The van der Waals surface area contributed by atoms with Crippen molar-refractivity contribution < 1.29 is 19.1 Å². The summed E-state index contributed by atoms with van der Waals surface area (Å²) in [6.45, 7) is 31.3. The van der Waals surface area contributed by atoms with Gasteiger partial charge in [-0.1, -0.05) is 93.6 Å². The first-order valence-corrected chi connectivity index (χ1v) is 19.3. The maximum Gasteiger partial charge on any atom is 0.200 e. The Hall–Kier alpha value is -0.426. The zero-order valence-electron chi connectivity index (χ0n) is 25.8. The fraction of sp³-hybridized carbons (Fsp3) is 0.867. The monoisotopic (exact) mass is 540 g/mol. The van der Waals surface area contributed by atoms with Gasteiger partial charge in [0, 0.05) is 12.8 Å². The molecule has 1 unspecified atom stereocenters. The highest BCUT2D eigenvalue weighted by Crippen LogP contribution is 2.44. The van der Waals surface area contributed by atoms with Crippen molar-refractivity contribution in [2.24, 2.45) is 0 Å². The van der Waals surface area contributed by atoms with E-state index in [1.54, 1.807) is 0 Å². The van der Waals surface area contributed by atoms with Gasteiger partial charge in [-0.05, 0) is 54.0 Å². The number of aliphatic hydroxyl groups excluding tert-OH is 2. The molecule has 0 rings (SSSR count). The molecule has 0 aromatic rings. The lowest BCUT2D eigenvalue weighted by Crippen LogP contribution is -2.51. The van der Waals surface area contributed by atoms with Crippen LogP contribution in [0.15, 0.2) is 12.7 Å². The lowest BCUT2D eigenvalue weighted by atomic mass is 10.1. The van der Waals surface area contributed by atoms with E-state index in [2.05, 4.69) is 93.8 Å². The summed E-state index contributed by atoms with van der Waals surface area (Å²) >= 11 is 0. The van der Waals surface area contributed by atoms with Crippen molar-refractivity contribution in [2.75, 3.05) is 0 Å². The SMILES string of the molecule is C=CC[C@H](C[C@@H](CC#CC(O)C[C@@H](O)CCC)O[Si](C)(C)C(C)(C)C)O[Si](C(C)C)(C(C)C)C(C)C. The van der Waals surface area contributed by atoms with Crippen LogP contribution in [-0.4, -0.2) is 51.3 Å². The Balaban J connectivity index is 5.96. The second-order valence-electron chi connectivity index (χ2n) is 13.0. The molecule has 2 N–H and O–H groups in total. The Morgan fingerprint density at radius 3 is 1.83 bits per heavy atom. The molecule has 0 spiro atoms. The van der Waals surface area contributed by atoms with Gasteiger partial charge in [0.2, 0.25) is 8.32 Å². The quantitative estimate of drug-likeness (QED) is 0.118. The molecule has 0 fully saturated rings. The molecule has 0 saturated carbocycles. The van der Waals surface area contributed by atoms with Crippen molar-refractivity contribution in [1.82, 2.24) is 0 Å². The fourth-order valence-corrected chi connectivity index (χ4v) is 12.1. The third kappa shape index (κ3) is 11.1. The van der Waals surface area contributed by atoms with Crippen LogP contribution >= 0.6 is 0 Å². The molecule has 0 bridgehead atoms. The third-order valence-corrected chi connectivity index (χ3v) is 18.7. The summed E-state index contributed by atoms with van der Waals surface area (Å²) in [5, 5.41) is 20.4. The van der Waals surface area contributed by atoms with Crippen molar-refractivity contribution in [2.45, 2.75) is 167 Å². The molecule has 0 heterocycles. The van der Waals surface area contributed by atoms with E-state index in [9.17, 15) is 10.2 Å². The lowest BCUT2D eigenvalue weighted by molar-refractivity contribution is 0.0927. The summed E-state index contributed by atoms with van der Waals surface area (Å²) < 4.78 is 14.1. The summed E-state index contributed by atoms with van der Waals surface area (Å²) in [6.07, 6.45) is 4.58. The molecule has 0 radical (unpaired) electrons. The van der Waals surface area contributed by atoms with Crippen LogP contribution in [-0.2, 0) is 8.85 Å². The Kier molecular flexibility index (Phi) is 15.7. The number of aliphatic hydroxyl groups is 2. The average molecular weight is 541 g/mol. The van der Waals surface area contributed by atoms with Crippen molar-refractivity contribution in [3.05, 3.63) is 12.7 Å². The van der Waals surface area contributed by atoms with Crippen LogP contribution in [0, 0.1) is 11.8 Å². The van der Waals surface area contributed by atoms with E-state index in [4.69, 9.17) is 8.85 Å². The largest absolute Gasteiger partial charge is 0.413 e. The van der Waals surface area contributed by atoms with E-state index in [0.717, 1.165) is 19.3 Å². The molecule has 0 aliphatic rings. The highest BCUT2D eigenvalue weighted by Gasteiger charge is 2.47. The van der Waals surface area contributed by atoms with Crippen LogP contribution < -0.4 is 0 Å². The average Bonchev–Trinajstić information content (AvgIpc) is 2.70. The minimum absolute atomic E-state index is 0.0363. The summed E-state index contributed by atoms with van der Waals surface area (Å²) in [5.74, 6) is 6.17. The zero-order chi connectivity index (χ0) is 28.3. The van der Waals surface area contributed by atoms with Gasteiger partial charge in [0.05, 0.1) is 18.3 Å². The Labute approximate surface area is 226 Å². The van der Waals surface area contributed by atoms with Crippen molar-refractivity contribution >= 4 is 16.6 Å². The van der Waals surface area contributed by atoms with Gasteiger partial charge in [0.25, 0.3) is 0 Å². The first-order valence-electron chi connectivity index (χ1n) is 14.2. The van der Waals surface area contributed by atoms with Crippen molar-refractivity contribution in [3.63, 3.8) is 0 Å². The Morgan fingerprint density at radius 2 is 1.42 bits per heavy atom. The standard InChI is InChI=1S/C30H60O4Si2/c1-14-17-26(31)21-27(32)19-16-20-29(33-35(12,13)30(9,10)11)22-28(18-15-2)34-36(23(3)4,24(5)6)25(7)8/h15,23-29,31-32H,2,14,17-18,20-22H2,1,3-13H3/t26-,27?,28+,29+/m0/s1. The van der Waals surface area contributed by atoms with Gasteiger partial charge >= 0.3 is 0 Å². The van der Waals surface area contributed by atoms with E-state index in [1.807, 2.05) is 13.0 Å². The molecule has 0 aromatic heterocycles. The maximum atomic E-state index is 10.3. The lowest BCUT2D eigenvalue weighted by Gasteiger charge is -2.45. The number of hydrogen-bond acceptors (Lipinski definition) is 4. The van der Waals surface area contributed by atoms with Gasteiger partial charge < -0.3 is 19.1 Å². The number of hydrogen-bond donors (Lipinski definition) is 2. The van der Waals surface area contributed by atoms with Crippen LogP contribution in [0.4, 0.5) is 0 Å². The normalized spacial score (nSPS) is 16.6. The second kappa shape index (κ2) is 15.9. The minimum atomic E-state index is -2.06. The summed E-state index contributed by atoms with van der Waals surface area (Å²) in [5.41, 5.74) is 1.53. The highest BCUT2D eigenvalue weighted by atomic mass is 28.4. The summed E-state index contributed by atoms with van der Waals surface area (Å²) in [4.78, 5) is 0. The van der Waals surface area contributed by atoms with E-state index in [1.165, 1.54) is 0 Å². The molecule has 212 valence electrons. The van der Waals surface area contributed by atoms with Crippen LogP contribution in [0.25, 0.3) is 0 Å². The topological polar surface area (TPSA) is 58.9 Å². The molecular formula is C30H60O4Si2. The zero-order valence-corrected chi connectivity index (χ0v) is 27.8. The highest BCUT2D eigenvalue weighted by molar-refractivity contribution is 6.77. The van der Waals surface area contributed by atoms with Crippen LogP contribution in [0.1, 0.15) is 108 Å². The maximum absolute atomic E-state index is 10.3. The van der Waals surface area contributed by atoms with Gasteiger partial charge in [-0.25, -0.2) is 0 Å². The van der Waals surface area contributed by atoms with E-state index >= 15 is 0 Å². The van der Waals surface area contributed by atoms with Crippen LogP contribution in [0.2, 0.25) is 34.8 Å².